The van der Waals surface area contributed by atoms with E-state index < -0.39 is 0 Å². The average molecular weight is 1540 g/mol. The Morgan fingerprint density at radius 3 is 0.417 bits per heavy atom. The largest absolute Gasteiger partial charge is 0.392 e. The number of ketones is 12. The number of nitrogens with one attached hydrogen (secondary N) is 12. The first kappa shape index (κ1) is 101. The first-order valence-electron chi connectivity index (χ1n) is 38.7. The van der Waals surface area contributed by atoms with Crippen LogP contribution < -0.4 is 63.8 Å². The highest BCUT2D eigenvalue weighted by molar-refractivity contribution is 5.86. The molecule has 0 bridgehead atoms. The molecule has 0 saturated carbocycles. The summed E-state index contributed by atoms with van der Waals surface area (Å²) in [7, 11) is 6.70. The first-order chi connectivity index (χ1) is 51.0. The number of hydrogen-bond acceptors (Lipinski definition) is 32. The summed E-state index contributed by atoms with van der Waals surface area (Å²) in [6.45, 7) is 28.7. The van der Waals surface area contributed by atoms with Crippen molar-refractivity contribution in [1.82, 2.24) is 63.8 Å². The predicted octanol–water partition coefficient (Wildman–Crippen LogP) is -1.69. The van der Waals surface area contributed by atoms with Crippen molar-refractivity contribution in [1.29, 1.82) is 0 Å². The van der Waals surface area contributed by atoms with Crippen LogP contribution in [0, 0.1) is 0 Å². The zero-order chi connectivity index (χ0) is 81.6. The molecule has 0 aromatic rings. The normalized spacial score (nSPS) is 32.1. The molecule has 0 spiro atoms. The summed E-state index contributed by atoms with van der Waals surface area (Å²) in [5.74, 6) is 2.42. The van der Waals surface area contributed by atoms with Crippen molar-refractivity contribution in [2.45, 2.75) is 307 Å². The molecule has 12 fully saturated rings. The molecule has 8 unspecified atom stereocenters. The highest BCUT2D eigenvalue weighted by Crippen LogP contribution is 2.15. The number of hydrogen-bond donors (Lipinski definition) is 16. The van der Waals surface area contributed by atoms with Crippen molar-refractivity contribution < 1.29 is 96.9 Å². The number of aliphatic hydroxyl groups excluding tert-OH is 4. The van der Waals surface area contributed by atoms with E-state index in [1.807, 2.05) is 0 Å². The molecular formula is C76H140N12O20. The molecule has 0 aromatic carbocycles. The molecule has 624 valence electrons. The fourth-order valence-electron chi connectivity index (χ4n) is 13.0. The van der Waals surface area contributed by atoms with E-state index in [2.05, 4.69) is 63.8 Å². The fourth-order valence-corrected chi connectivity index (χ4v) is 13.0. The standard InChI is InChI=1S/4C7H13NO2.4C6H11NO2.4C6H11NO/c4*1-5(9)7-3-6(10-2)4-8-7;4*1-4(8)6-2-5(9)3-7-6;4*1-5(8)6-3-2-4-7-6/h4*6-8H,3-4H2,1-2H3;4*5-7,9H,2-3H2,1H3;4*6-7H,2-4H2,1H3/t2*6?,7-;;;2*5-,6?;2*5-,6-;4*6-/m10..10101100/s1. The molecule has 32 nitrogen and oxygen atoms in total. The van der Waals surface area contributed by atoms with E-state index in [1.165, 1.54) is 27.7 Å². The highest BCUT2D eigenvalue weighted by Gasteiger charge is 2.32. The Hall–Kier alpha value is -4.76. The number of methoxy groups -OCH3 is 4. The Balaban J connectivity index is 0.000000590. The van der Waals surface area contributed by atoms with Gasteiger partial charge in [-0.1, -0.05) is 0 Å². The molecule has 20 atom stereocenters. The third-order valence-electron chi connectivity index (χ3n) is 20.3. The van der Waals surface area contributed by atoms with Crippen LogP contribution in [-0.4, -0.2) is 318 Å². The van der Waals surface area contributed by atoms with Gasteiger partial charge in [0.25, 0.3) is 0 Å². The topological polar surface area (TPSA) is 467 Å². The minimum atomic E-state index is -0.320. The van der Waals surface area contributed by atoms with Gasteiger partial charge in [0.1, 0.15) is 69.4 Å². The number of Topliss-reactive ketones (excluding diaryl/α,β-unsaturated/α-hetero) is 12. The van der Waals surface area contributed by atoms with Gasteiger partial charge < -0.3 is 103 Å². The van der Waals surface area contributed by atoms with Crippen LogP contribution in [-0.2, 0) is 76.5 Å². The lowest BCUT2D eigenvalue weighted by Crippen LogP contribution is -2.28. The number of ether oxygens (including phenoxy) is 4. The summed E-state index contributed by atoms with van der Waals surface area (Å²) in [5, 5.41) is 72.1. The maximum atomic E-state index is 10.8. The zero-order valence-corrected chi connectivity index (χ0v) is 67.7. The maximum Gasteiger partial charge on any atom is 0.146 e. The van der Waals surface area contributed by atoms with Crippen molar-refractivity contribution in [3.05, 3.63) is 0 Å². The van der Waals surface area contributed by atoms with Crippen LogP contribution in [0.2, 0.25) is 0 Å². The summed E-state index contributed by atoms with van der Waals surface area (Å²) in [5.41, 5.74) is 0. The average Bonchev–Trinajstić information content (AvgIpc) is 1.78. The molecule has 108 heavy (non-hydrogen) atoms. The Labute approximate surface area is 641 Å². The van der Waals surface area contributed by atoms with E-state index in [0.29, 0.717) is 51.9 Å². The fraction of sp³-hybridized carbons (Fsp3) is 0.842. The molecule has 0 aliphatic carbocycles. The van der Waals surface area contributed by atoms with Crippen molar-refractivity contribution in [3.8, 4) is 0 Å². The number of carbonyl (C=O) groups is 12. The summed E-state index contributed by atoms with van der Waals surface area (Å²) < 4.78 is 20.3. The van der Waals surface area contributed by atoms with Crippen LogP contribution >= 0.6 is 0 Å². The number of aliphatic hydroxyl groups is 4. The molecule has 12 rings (SSSR count). The van der Waals surface area contributed by atoms with Crippen LogP contribution in [0.3, 0.4) is 0 Å². The second-order valence-corrected chi connectivity index (χ2v) is 29.5. The van der Waals surface area contributed by atoms with Crippen LogP contribution in [0.25, 0.3) is 0 Å². The molecule has 0 aromatic heterocycles. The van der Waals surface area contributed by atoms with Crippen molar-refractivity contribution in [2.24, 2.45) is 0 Å². The van der Waals surface area contributed by atoms with Gasteiger partial charge in [-0.15, -0.1) is 0 Å². The Morgan fingerprint density at radius 1 is 0.213 bits per heavy atom. The van der Waals surface area contributed by atoms with Gasteiger partial charge in [-0.05, 0) is 212 Å². The minimum absolute atomic E-state index is 0.0324. The Bertz CT molecular complexity index is 2330. The SMILES string of the molecule is CC(=O)C1C[C@@H](O)CN1.CC(=O)C1C[C@H](O)CN1.CC(=O)[C@@H]1CCCN1.CC(=O)[C@@H]1CCCN1.CC(=O)[C@@H]1C[C@H](O)CN1.CC(=O)[C@H]1CCCN1.CC(=O)[C@H]1CCCN1.CC(=O)[C@H]1C[C@@H](O)CN1.COC1CNC(C(C)=O)C1.COC1CNC(C(C)=O)C1.COC1CN[C@@H](C(C)=O)C1.COC1CN[C@H](C(C)=O)C1. The summed E-state index contributed by atoms with van der Waals surface area (Å²) in [4.78, 5) is 128. The molecule has 12 aliphatic heterocycles. The molecule has 16 N–H and O–H groups in total. The van der Waals surface area contributed by atoms with Gasteiger partial charge in [0.2, 0.25) is 0 Å². The van der Waals surface area contributed by atoms with Crippen molar-refractivity contribution >= 4 is 69.4 Å². The molecule has 12 heterocycles. The third-order valence-corrected chi connectivity index (χ3v) is 20.3. The smallest absolute Gasteiger partial charge is 0.146 e. The predicted molar refractivity (Wildman–Crippen MR) is 411 cm³/mol. The lowest BCUT2D eigenvalue weighted by atomic mass is 10.1. The van der Waals surface area contributed by atoms with E-state index in [9.17, 15) is 57.5 Å². The van der Waals surface area contributed by atoms with Gasteiger partial charge in [-0.3, -0.25) is 57.5 Å². The van der Waals surface area contributed by atoms with Gasteiger partial charge in [0.15, 0.2) is 0 Å². The second-order valence-electron chi connectivity index (χ2n) is 29.5. The molecule has 32 heteroatoms. The second kappa shape index (κ2) is 57.3. The van der Waals surface area contributed by atoms with Crippen LogP contribution in [0.1, 0.15) is 186 Å². The quantitative estimate of drug-likeness (QED) is 0.0820. The van der Waals surface area contributed by atoms with Gasteiger partial charge in [-0.25, -0.2) is 0 Å². The van der Waals surface area contributed by atoms with E-state index >= 15 is 0 Å². The Kier molecular flexibility index (Phi) is 53.7. The molecule has 0 amide bonds. The maximum absolute atomic E-state index is 10.8. The highest BCUT2D eigenvalue weighted by atomic mass is 16.5. The van der Waals surface area contributed by atoms with Crippen LogP contribution in [0.15, 0.2) is 0 Å². The number of carbonyl (C=O) groups excluding carboxylic acids is 12. The molecule has 12 aliphatic rings. The molecular weight excluding hydrogens is 1400 g/mol. The van der Waals surface area contributed by atoms with Gasteiger partial charge in [0.05, 0.1) is 121 Å². The monoisotopic (exact) mass is 1540 g/mol. The Morgan fingerprint density at radius 2 is 0.352 bits per heavy atom. The summed E-state index contributed by atoms with van der Waals surface area (Å²) in [6, 6.07) is 0.444. The third kappa shape index (κ3) is 44.5. The van der Waals surface area contributed by atoms with E-state index in [1.54, 1.807) is 83.8 Å². The lowest BCUT2D eigenvalue weighted by Gasteiger charge is -2.04. The first-order valence-corrected chi connectivity index (χ1v) is 38.7. The van der Waals surface area contributed by atoms with Crippen LogP contribution in [0.4, 0.5) is 0 Å². The van der Waals surface area contributed by atoms with E-state index in [4.69, 9.17) is 39.4 Å². The summed E-state index contributed by atoms with van der Waals surface area (Å²) in [6.07, 6.45) is 14.0. The van der Waals surface area contributed by atoms with E-state index in [-0.39, 0.29) is 191 Å². The van der Waals surface area contributed by atoms with Crippen molar-refractivity contribution in [3.63, 3.8) is 0 Å². The number of β-amino-alcohol motifs (C(OH)–C–C–N with tert-alkyl or cyclic N) is 4. The minimum Gasteiger partial charge on any atom is -0.392 e. The zero-order valence-electron chi connectivity index (χ0n) is 67.7. The van der Waals surface area contributed by atoms with Gasteiger partial charge >= 0.3 is 0 Å². The molecule has 12 saturated heterocycles. The van der Waals surface area contributed by atoms with Gasteiger partial charge in [0, 0.05) is 80.8 Å². The summed E-state index contributed by atoms with van der Waals surface area (Å²) >= 11 is 0. The lowest BCUT2D eigenvalue weighted by molar-refractivity contribution is -0.119. The van der Waals surface area contributed by atoms with Crippen LogP contribution in [0.5, 0.6) is 0 Å². The molecule has 0 radical (unpaired) electrons. The van der Waals surface area contributed by atoms with Gasteiger partial charge in [-0.2, -0.15) is 0 Å². The van der Waals surface area contributed by atoms with E-state index in [0.717, 1.165) is 129 Å². The van der Waals surface area contributed by atoms with Crippen molar-refractivity contribution in [2.75, 3.05) is 107 Å². The number of rotatable bonds is 16.